The van der Waals surface area contributed by atoms with Crippen LogP contribution < -0.4 is 10.5 Å². The number of ether oxygens (including phenoxy) is 1. The molecule has 2 aliphatic rings. The van der Waals surface area contributed by atoms with Gasteiger partial charge in [0.25, 0.3) is 5.91 Å². The molecule has 1 amide bonds. The number of hydrogen-bond donors (Lipinski definition) is 1. The molecule has 2 N–H and O–H groups in total. The summed E-state index contributed by atoms with van der Waals surface area (Å²) in [5.74, 6) is 0.0430. The van der Waals surface area contributed by atoms with E-state index < -0.39 is 11.7 Å². The molecule has 2 fully saturated rings. The van der Waals surface area contributed by atoms with E-state index in [1.165, 1.54) is 6.07 Å². The van der Waals surface area contributed by atoms with Gasteiger partial charge in [-0.2, -0.15) is 0 Å². The molecule has 28 heavy (non-hydrogen) atoms. The second kappa shape index (κ2) is 8.10. The van der Waals surface area contributed by atoms with Gasteiger partial charge in [-0.25, -0.2) is 4.39 Å². The number of nitrogens with zero attached hydrogens (tertiary/aromatic N) is 1. The van der Waals surface area contributed by atoms with Crippen LogP contribution in [0.4, 0.5) is 4.39 Å². The minimum absolute atomic E-state index is 0.000669. The van der Waals surface area contributed by atoms with Crippen molar-refractivity contribution >= 4 is 17.5 Å². The van der Waals surface area contributed by atoms with Crippen molar-refractivity contribution in [1.29, 1.82) is 0 Å². The van der Waals surface area contributed by atoms with E-state index in [9.17, 15) is 9.18 Å². The van der Waals surface area contributed by atoms with Crippen molar-refractivity contribution < 1.29 is 13.9 Å². The molecule has 4 rings (SSSR count). The lowest BCUT2D eigenvalue weighted by molar-refractivity contribution is 0.0963. The van der Waals surface area contributed by atoms with Crippen molar-refractivity contribution in [1.82, 2.24) is 4.90 Å². The highest BCUT2D eigenvalue weighted by Gasteiger charge is 2.29. The van der Waals surface area contributed by atoms with E-state index in [0.717, 1.165) is 55.6 Å². The topological polar surface area (TPSA) is 55.6 Å². The van der Waals surface area contributed by atoms with Crippen LogP contribution in [0.5, 0.6) is 5.75 Å². The summed E-state index contributed by atoms with van der Waals surface area (Å²) in [6.07, 6.45) is 4.20. The van der Waals surface area contributed by atoms with Gasteiger partial charge in [0.05, 0.1) is 5.56 Å². The van der Waals surface area contributed by atoms with Crippen LogP contribution in [0, 0.1) is 5.82 Å². The average Bonchev–Trinajstić information content (AvgIpc) is 3.50. The van der Waals surface area contributed by atoms with Crippen LogP contribution in [0.15, 0.2) is 36.4 Å². The Balaban J connectivity index is 1.39. The van der Waals surface area contributed by atoms with Gasteiger partial charge in [0.1, 0.15) is 17.7 Å². The molecule has 0 bridgehead atoms. The maximum absolute atomic E-state index is 14.3. The number of carbonyl (C=O) groups is 1. The molecule has 0 radical (unpaired) electrons. The quantitative estimate of drug-likeness (QED) is 0.774. The second-order valence-corrected chi connectivity index (χ2v) is 8.15. The SMILES string of the molecule is NC(=O)c1cc(C2CC2)c(CN2CCC(Oc3ccc(Cl)cc3)CC2)cc1F. The number of hydrogen-bond acceptors (Lipinski definition) is 3. The number of likely N-dealkylation sites (tertiary alicyclic amines) is 1. The molecule has 1 aliphatic heterocycles. The smallest absolute Gasteiger partial charge is 0.251 e. The molecule has 0 atom stereocenters. The number of amides is 1. The van der Waals surface area contributed by atoms with Crippen LogP contribution in [-0.4, -0.2) is 30.0 Å². The molecule has 4 nitrogen and oxygen atoms in total. The summed E-state index contributed by atoms with van der Waals surface area (Å²) in [4.78, 5) is 13.8. The zero-order valence-corrected chi connectivity index (χ0v) is 16.4. The summed E-state index contributed by atoms with van der Waals surface area (Å²) in [6, 6.07) is 10.6. The van der Waals surface area contributed by atoms with Gasteiger partial charge in [-0.15, -0.1) is 0 Å². The van der Waals surface area contributed by atoms with Gasteiger partial charge >= 0.3 is 0 Å². The molecule has 1 saturated carbocycles. The highest BCUT2D eigenvalue weighted by molar-refractivity contribution is 6.30. The molecule has 1 aliphatic carbocycles. The van der Waals surface area contributed by atoms with Gasteiger partial charge in [0, 0.05) is 24.7 Å². The predicted octanol–water partition coefficient (Wildman–Crippen LogP) is 4.50. The number of halogens is 2. The van der Waals surface area contributed by atoms with E-state index in [0.29, 0.717) is 17.5 Å². The Kier molecular flexibility index (Phi) is 5.56. The first-order valence-electron chi connectivity index (χ1n) is 9.76. The van der Waals surface area contributed by atoms with Crippen LogP contribution in [0.1, 0.15) is 53.1 Å². The monoisotopic (exact) mass is 402 g/mol. The van der Waals surface area contributed by atoms with Gasteiger partial charge in [-0.05, 0) is 79.1 Å². The molecule has 0 aromatic heterocycles. The Hall–Kier alpha value is -2.11. The number of carbonyl (C=O) groups excluding carboxylic acids is 1. The largest absolute Gasteiger partial charge is 0.490 e. The Labute approximate surface area is 169 Å². The third-order valence-corrected chi connectivity index (χ3v) is 5.81. The third kappa shape index (κ3) is 4.47. The number of nitrogens with two attached hydrogens (primary N) is 1. The van der Waals surface area contributed by atoms with E-state index in [1.54, 1.807) is 6.07 Å². The highest BCUT2D eigenvalue weighted by atomic mass is 35.5. The van der Waals surface area contributed by atoms with Crippen LogP contribution in [0.25, 0.3) is 0 Å². The van der Waals surface area contributed by atoms with Crippen molar-refractivity contribution in [3.05, 3.63) is 63.9 Å². The summed E-state index contributed by atoms with van der Waals surface area (Å²) in [5.41, 5.74) is 7.37. The zero-order valence-electron chi connectivity index (χ0n) is 15.7. The highest BCUT2D eigenvalue weighted by Crippen LogP contribution is 2.42. The fourth-order valence-corrected chi connectivity index (χ4v) is 3.99. The lowest BCUT2D eigenvalue weighted by atomic mass is 9.97. The van der Waals surface area contributed by atoms with Crippen molar-refractivity contribution in [2.45, 2.75) is 44.2 Å². The summed E-state index contributed by atoms with van der Waals surface area (Å²) in [6.45, 7) is 2.47. The molecule has 1 saturated heterocycles. The fraction of sp³-hybridized carbons (Fsp3) is 0.409. The van der Waals surface area contributed by atoms with Gasteiger partial charge < -0.3 is 10.5 Å². The van der Waals surface area contributed by atoms with Crippen molar-refractivity contribution in [2.75, 3.05) is 13.1 Å². The minimum atomic E-state index is -0.703. The summed E-state index contributed by atoms with van der Waals surface area (Å²) in [7, 11) is 0. The first-order chi connectivity index (χ1) is 13.5. The number of rotatable bonds is 6. The van der Waals surface area contributed by atoms with Gasteiger partial charge in [0.15, 0.2) is 0 Å². The Morgan fingerprint density at radius 2 is 1.82 bits per heavy atom. The maximum Gasteiger partial charge on any atom is 0.251 e. The van der Waals surface area contributed by atoms with Gasteiger partial charge in [0.2, 0.25) is 0 Å². The maximum atomic E-state index is 14.3. The normalized spacial score (nSPS) is 18.2. The van der Waals surface area contributed by atoms with E-state index in [2.05, 4.69) is 4.90 Å². The van der Waals surface area contributed by atoms with E-state index in [1.807, 2.05) is 24.3 Å². The van der Waals surface area contributed by atoms with Crippen LogP contribution in [-0.2, 0) is 6.54 Å². The molecule has 0 spiro atoms. The first kappa shape index (κ1) is 19.2. The molecule has 0 unspecified atom stereocenters. The van der Waals surface area contributed by atoms with Crippen molar-refractivity contribution in [3.63, 3.8) is 0 Å². The third-order valence-electron chi connectivity index (χ3n) is 5.56. The van der Waals surface area contributed by atoms with E-state index in [-0.39, 0.29) is 11.7 Å². The Morgan fingerprint density at radius 1 is 1.14 bits per heavy atom. The molecular weight excluding hydrogens is 379 g/mol. The van der Waals surface area contributed by atoms with E-state index >= 15 is 0 Å². The van der Waals surface area contributed by atoms with Crippen LogP contribution in [0.3, 0.4) is 0 Å². The minimum Gasteiger partial charge on any atom is -0.490 e. The second-order valence-electron chi connectivity index (χ2n) is 7.72. The standard InChI is InChI=1S/C22H24ClFN2O2/c23-16-3-5-17(6-4-16)28-18-7-9-26(10-8-18)13-15-11-21(24)20(22(25)27)12-19(15)14-1-2-14/h3-6,11-12,14,18H,1-2,7-10,13H2,(H2,25,27). The number of benzene rings is 2. The van der Waals surface area contributed by atoms with Crippen LogP contribution in [0.2, 0.25) is 5.02 Å². The van der Waals surface area contributed by atoms with E-state index in [4.69, 9.17) is 22.1 Å². The van der Waals surface area contributed by atoms with Gasteiger partial charge in [-0.3, -0.25) is 9.69 Å². The molecule has 1 heterocycles. The summed E-state index contributed by atoms with van der Waals surface area (Å²) >= 11 is 5.91. The lowest BCUT2D eigenvalue weighted by Crippen LogP contribution is -2.38. The lowest BCUT2D eigenvalue weighted by Gasteiger charge is -2.32. The average molecular weight is 403 g/mol. The first-order valence-corrected chi connectivity index (χ1v) is 10.1. The fourth-order valence-electron chi connectivity index (χ4n) is 3.86. The molecule has 2 aromatic carbocycles. The summed E-state index contributed by atoms with van der Waals surface area (Å²) < 4.78 is 20.3. The molecule has 148 valence electrons. The van der Waals surface area contributed by atoms with Crippen molar-refractivity contribution in [2.24, 2.45) is 5.73 Å². The zero-order chi connectivity index (χ0) is 19.7. The Bertz CT molecular complexity index is 860. The summed E-state index contributed by atoms with van der Waals surface area (Å²) in [5, 5.41) is 0.697. The number of primary amides is 1. The predicted molar refractivity (Wildman–Crippen MR) is 107 cm³/mol. The number of piperidine rings is 1. The Morgan fingerprint density at radius 3 is 2.43 bits per heavy atom. The molecule has 2 aromatic rings. The van der Waals surface area contributed by atoms with Crippen LogP contribution >= 0.6 is 11.6 Å². The van der Waals surface area contributed by atoms with Gasteiger partial charge in [-0.1, -0.05) is 11.6 Å². The molecular formula is C22H24ClFN2O2. The van der Waals surface area contributed by atoms with Crippen molar-refractivity contribution in [3.8, 4) is 5.75 Å². The molecule has 6 heteroatoms.